The number of H-pyrrole nitrogens is 1. The van der Waals surface area contributed by atoms with Crippen LogP contribution in [0.5, 0.6) is 0 Å². The second-order valence-corrected chi connectivity index (χ2v) is 3.37. The molecule has 2 heterocycles. The maximum atomic E-state index is 13.0. The molecule has 1 aromatic rings. The maximum Gasteiger partial charge on any atom is 0.336 e. The Morgan fingerprint density at radius 2 is 2.28 bits per heavy atom. The lowest BCUT2D eigenvalue weighted by Crippen LogP contribution is -2.40. The molecule has 18 heavy (non-hydrogen) atoms. The van der Waals surface area contributed by atoms with Gasteiger partial charge in [0.15, 0.2) is 0 Å². The summed E-state index contributed by atoms with van der Waals surface area (Å²) >= 11 is 0. The summed E-state index contributed by atoms with van der Waals surface area (Å²) in [5, 5.41) is 2.34. The van der Waals surface area contributed by atoms with E-state index in [1.165, 1.54) is 6.26 Å². The Hall–Kier alpha value is -2.64. The summed E-state index contributed by atoms with van der Waals surface area (Å²) < 4.78 is 18.3. The van der Waals surface area contributed by atoms with Crippen LogP contribution in [-0.2, 0) is 4.74 Å². The van der Waals surface area contributed by atoms with Gasteiger partial charge in [-0.1, -0.05) is 0 Å². The third kappa shape index (κ3) is 2.37. The van der Waals surface area contributed by atoms with Crippen molar-refractivity contribution < 1.29 is 13.9 Å². The van der Waals surface area contributed by atoms with Gasteiger partial charge in [-0.15, -0.1) is 0 Å². The molecule has 0 saturated heterocycles. The van der Waals surface area contributed by atoms with E-state index in [0.717, 1.165) is 0 Å². The van der Waals surface area contributed by atoms with Gasteiger partial charge in [-0.05, 0) is 12.2 Å². The van der Waals surface area contributed by atoms with E-state index in [1.54, 1.807) is 17.1 Å². The Kier molecular flexibility index (Phi) is 3.09. The number of aromatic amines is 1. The zero-order valence-corrected chi connectivity index (χ0v) is 8.97. The molecule has 8 heteroatoms. The first-order chi connectivity index (χ1) is 8.58. The van der Waals surface area contributed by atoms with Gasteiger partial charge >= 0.3 is 11.7 Å². The first-order valence-electron chi connectivity index (χ1n) is 4.88. The van der Waals surface area contributed by atoms with Crippen LogP contribution in [0.25, 0.3) is 0 Å². The molecule has 0 aromatic carbocycles. The highest BCUT2D eigenvalue weighted by Crippen LogP contribution is 1.99. The van der Waals surface area contributed by atoms with Crippen LogP contribution in [0.1, 0.15) is 0 Å². The minimum Gasteiger partial charge on any atom is -0.495 e. The molecule has 1 aromatic heterocycles. The van der Waals surface area contributed by atoms with Gasteiger partial charge in [0, 0.05) is 0 Å². The fourth-order valence-electron chi connectivity index (χ4n) is 1.27. The van der Waals surface area contributed by atoms with Gasteiger partial charge in [-0.25, -0.2) is 14.2 Å². The van der Waals surface area contributed by atoms with E-state index in [0.29, 0.717) is 16.5 Å². The molecule has 0 radical (unpaired) electrons. The van der Waals surface area contributed by atoms with Gasteiger partial charge in [-0.2, -0.15) is 4.39 Å². The fourth-order valence-corrected chi connectivity index (χ4v) is 1.27. The Morgan fingerprint density at radius 3 is 2.94 bits per heavy atom. The van der Waals surface area contributed by atoms with E-state index in [2.05, 4.69) is 5.32 Å². The molecule has 7 nitrogen and oxygen atoms in total. The van der Waals surface area contributed by atoms with Gasteiger partial charge in [0.2, 0.25) is 5.82 Å². The van der Waals surface area contributed by atoms with Crippen molar-refractivity contribution in [2.75, 3.05) is 6.61 Å². The van der Waals surface area contributed by atoms with Crippen LogP contribution in [-0.4, -0.2) is 22.2 Å². The molecule has 1 aliphatic rings. The van der Waals surface area contributed by atoms with Crippen molar-refractivity contribution in [1.29, 1.82) is 0 Å². The number of hydrogen-bond donors (Lipinski definition) is 2. The first kappa shape index (κ1) is 11.8. The molecular weight excluding hydrogens is 245 g/mol. The lowest BCUT2D eigenvalue weighted by Gasteiger charge is -2.12. The Morgan fingerprint density at radius 1 is 1.50 bits per heavy atom. The predicted molar refractivity (Wildman–Crippen MR) is 58.4 cm³/mol. The molecule has 2 rings (SSSR count). The van der Waals surface area contributed by atoms with Crippen LogP contribution in [0.3, 0.4) is 0 Å². The molecule has 0 spiro atoms. The zero-order valence-electron chi connectivity index (χ0n) is 8.97. The average Bonchev–Trinajstić information content (AvgIpc) is 2.35. The van der Waals surface area contributed by atoms with Crippen molar-refractivity contribution in [2.24, 2.45) is 0 Å². The number of hydrogen-bond acceptors (Lipinski definition) is 4. The van der Waals surface area contributed by atoms with Crippen molar-refractivity contribution in [1.82, 2.24) is 14.9 Å². The van der Waals surface area contributed by atoms with E-state index in [4.69, 9.17) is 4.74 Å². The SMILES string of the molecule is O=C(NC1=CC=COC1)n1cc(F)c(=O)[nH]c1=O. The number of aromatic nitrogens is 2. The normalized spacial score (nSPS) is 13.7. The third-order valence-electron chi connectivity index (χ3n) is 2.10. The third-order valence-corrected chi connectivity index (χ3v) is 2.10. The summed E-state index contributed by atoms with van der Waals surface area (Å²) in [5.41, 5.74) is -1.79. The van der Waals surface area contributed by atoms with Gasteiger partial charge in [0.05, 0.1) is 18.2 Å². The monoisotopic (exact) mass is 253 g/mol. The second kappa shape index (κ2) is 4.70. The van der Waals surface area contributed by atoms with E-state index in [-0.39, 0.29) is 6.61 Å². The van der Waals surface area contributed by atoms with E-state index in [1.807, 2.05) is 0 Å². The largest absolute Gasteiger partial charge is 0.495 e. The minimum atomic E-state index is -1.22. The summed E-state index contributed by atoms with van der Waals surface area (Å²) in [7, 11) is 0. The summed E-state index contributed by atoms with van der Waals surface area (Å²) in [6.45, 7) is 0.128. The smallest absolute Gasteiger partial charge is 0.336 e. The quantitative estimate of drug-likeness (QED) is 0.716. The lowest BCUT2D eigenvalue weighted by atomic mass is 10.3. The summed E-state index contributed by atoms with van der Waals surface area (Å²) in [6.07, 6.45) is 5.07. The molecule has 0 saturated carbocycles. The van der Waals surface area contributed by atoms with E-state index >= 15 is 0 Å². The number of nitrogens with zero attached hydrogens (tertiary/aromatic N) is 1. The van der Waals surface area contributed by atoms with Crippen LogP contribution < -0.4 is 16.6 Å². The first-order valence-corrected chi connectivity index (χ1v) is 4.88. The number of ether oxygens (including phenoxy) is 1. The van der Waals surface area contributed by atoms with Gasteiger partial charge < -0.3 is 10.1 Å². The van der Waals surface area contributed by atoms with Crippen molar-refractivity contribution in [3.8, 4) is 0 Å². The molecule has 1 aliphatic heterocycles. The number of nitrogens with one attached hydrogen (secondary N) is 2. The summed E-state index contributed by atoms with van der Waals surface area (Å²) in [5.74, 6) is -1.22. The summed E-state index contributed by atoms with van der Waals surface area (Å²) in [6, 6.07) is -0.889. The zero-order chi connectivity index (χ0) is 13.1. The molecule has 0 bridgehead atoms. The maximum absolute atomic E-state index is 13.0. The second-order valence-electron chi connectivity index (χ2n) is 3.37. The number of carbonyl (C=O) groups excluding carboxylic acids is 1. The molecule has 1 amide bonds. The standard InChI is InChI=1S/C10H8FN3O4/c11-7-4-14(10(17)13-8(7)15)9(16)12-6-2-1-3-18-5-6/h1-4H,5H2,(H,12,16)(H,13,15,17). The van der Waals surface area contributed by atoms with Gasteiger partial charge in [0.1, 0.15) is 6.61 Å². The van der Waals surface area contributed by atoms with Gasteiger partial charge in [0.25, 0.3) is 5.56 Å². The number of carbonyl (C=O) groups is 1. The highest BCUT2D eigenvalue weighted by molar-refractivity contribution is 5.78. The number of allylic oxidation sites excluding steroid dienone is 2. The van der Waals surface area contributed by atoms with Crippen molar-refractivity contribution in [3.05, 3.63) is 57.0 Å². The van der Waals surface area contributed by atoms with Gasteiger partial charge in [-0.3, -0.25) is 9.78 Å². The van der Waals surface area contributed by atoms with E-state index in [9.17, 15) is 18.8 Å². The fraction of sp³-hybridized carbons (Fsp3) is 0.100. The average molecular weight is 253 g/mol. The van der Waals surface area contributed by atoms with E-state index < -0.39 is 23.1 Å². The molecule has 94 valence electrons. The molecular formula is C10H8FN3O4. The van der Waals surface area contributed by atoms with Crippen LogP contribution in [0.2, 0.25) is 0 Å². The topological polar surface area (TPSA) is 93.2 Å². The molecule has 0 unspecified atom stereocenters. The molecule has 0 fully saturated rings. The van der Waals surface area contributed by atoms with Crippen molar-refractivity contribution in [3.63, 3.8) is 0 Å². The molecule has 2 N–H and O–H groups in total. The number of rotatable bonds is 1. The molecule has 0 aliphatic carbocycles. The van der Waals surface area contributed by atoms with Crippen LogP contribution in [0.15, 0.2) is 39.9 Å². The molecule has 0 atom stereocenters. The van der Waals surface area contributed by atoms with Crippen LogP contribution >= 0.6 is 0 Å². The van der Waals surface area contributed by atoms with Crippen molar-refractivity contribution >= 4 is 6.03 Å². The Balaban J connectivity index is 2.27. The van der Waals surface area contributed by atoms with Crippen LogP contribution in [0, 0.1) is 5.82 Å². The Labute approximate surface area is 99.2 Å². The lowest BCUT2D eigenvalue weighted by molar-refractivity contribution is 0.236. The highest BCUT2D eigenvalue weighted by atomic mass is 19.1. The minimum absolute atomic E-state index is 0.128. The highest BCUT2D eigenvalue weighted by Gasteiger charge is 2.12. The number of halogens is 1. The summed E-state index contributed by atoms with van der Waals surface area (Å²) in [4.78, 5) is 35.4. The Bertz CT molecular complexity index is 656. The number of amides is 1. The van der Waals surface area contributed by atoms with Crippen molar-refractivity contribution in [2.45, 2.75) is 0 Å². The van der Waals surface area contributed by atoms with Crippen LogP contribution in [0.4, 0.5) is 9.18 Å². The predicted octanol–water partition coefficient (Wildman–Crippen LogP) is -0.339.